The molecule has 0 atom stereocenters. The first-order chi connectivity index (χ1) is 16.8. The van der Waals surface area contributed by atoms with Crippen LogP contribution in [0.1, 0.15) is 27.0 Å². The lowest BCUT2D eigenvalue weighted by atomic mass is 10.1. The van der Waals surface area contributed by atoms with Gasteiger partial charge in [0.05, 0.1) is 6.21 Å². The highest BCUT2D eigenvalue weighted by Crippen LogP contribution is 2.36. The molecule has 4 rings (SSSR count). The van der Waals surface area contributed by atoms with Crippen molar-refractivity contribution in [2.45, 2.75) is 11.8 Å². The molecular weight excluding hydrogens is 476 g/mol. The van der Waals surface area contributed by atoms with Crippen LogP contribution in [-0.4, -0.2) is 38.4 Å². The maximum atomic E-state index is 12.8. The molecule has 1 aliphatic rings. The minimum absolute atomic E-state index is 0.0112. The number of hydrazone groups is 1. The SMILES string of the molecule is Cc1cc2c(cc1S(=O)(=O)Oc1cccc(C(=O)N/N=C\c3ccc(/C(N)=N\O)cc3)c1)OCO2. The Kier molecular flexibility index (Phi) is 6.55. The Morgan fingerprint density at radius 1 is 1.09 bits per heavy atom. The summed E-state index contributed by atoms with van der Waals surface area (Å²) in [5.74, 6) is 0.122. The molecule has 3 aromatic carbocycles. The molecule has 0 fully saturated rings. The van der Waals surface area contributed by atoms with E-state index in [4.69, 9.17) is 24.6 Å². The van der Waals surface area contributed by atoms with Crippen molar-refractivity contribution in [2.24, 2.45) is 16.0 Å². The monoisotopic (exact) mass is 496 g/mol. The van der Waals surface area contributed by atoms with Gasteiger partial charge in [-0.25, -0.2) is 5.43 Å². The Balaban J connectivity index is 1.44. The summed E-state index contributed by atoms with van der Waals surface area (Å²) in [4.78, 5) is 12.4. The van der Waals surface area contributed by atoms with Gasteiger partial charge >= 0.3 is 10.1 Å². The third-order valence-electron chi connectivity index (χ3n) is 4.94. The van der Waals surface area contributed by atoms with Crippen LogP contribution >= 0.6 is 0 Å². The van der Waals surface area contributed by atoms with Crippen molar-refractivity contribution in [3.63, 3.8) is 0 Å². The summed E-state index contributed by atoms with van der Waals surface area (Å²) in [7, 11) is -4.20. The van der Waals surface area contributed by atoms with Crippen LogP contribution < -0.4 is 24.8 Å². The predicted molar refractivity (Wildman–Crippen MR) is 126 cm³/mol. The van der Waals surface area contributed by atoms with Crippen molar-refractivity contribution in [3.05, 3.63) is 82.9 Å². The van der Waals surface area contributed by atoms with Gasteiger partial charge in [-0.15, -0.1) is 0 Å². The number of amidine groups is 1. The number of carbonyl (C=O) groups is 1. The number of ether oxygens (including phenoxy) is 2. The molecule has 180 valence electrons. The fourth-order valence-electron chi connectivity index (χ4n) is 3.18. The molecule has 3 aromatic rings. The number of fused-ring (bicyclic) bond motifs is 1. The van der Waals surface area contributed by atoms with Gasteiger partial charge in [-0.3, -0.25) is 4.79 Å². The molecule has 0 saturated carbocycles. The number of nitrogens with one attached hydrogen (secondary N) is 1. The van der Waals surface area contributed by atoms with Gasteiger partial charge in [0.25, 0.3) is 5.91 Å². The van der Waals surface area contributed by atoms with E-state index < -0.39 is 16.0 Å². The number of nitrogens with two attached hydrogens (primary N) is 1. The second kappa shape index (κ2) is 9.73. The molecule has 1 amide bonds. The summed E-state index contributed by atoms with van der Waals surface area (Å²) in [6.07, 6.45) is 1.40. The topological polar surface area (TPSA) is 162 Å². The summed E-state index contributed by atoms with van der Waals surface area (Å²) >= 11 is 0. The number of benzene rings is 3. The molecule has 0 radical (unpaired) electrons. The first-order valence-corrected chi connectivity index (χ1v) is 11.5. The molecule has 0 unspecified atom stereocenters. The summed E-state index contributed by atoms with van der Waals surface area (Å²) in [5.41, 5.74) is 9.62. The second-order valence-electron chi connectivity index (χ2n) is 7.34. The highest BCUT2D eigenvalue weighted by molar-refractivity contribution is 7.87. The Hall–Kier alpha value is -4.58. The standard InChI is InChI=1S/C23H20N4O7S/c1-14-9-19-20(33-13-32-19)11-21(14)35(30,31)34-18-4-2-3-17(10-18)23(28)26-25-12-15-5-7-16(8-6-15)22(24)27-29/h2-12,29H,13H2,1H3,(H2,24,27)(H,26,28)/b25-12-. The fraction of sp³-hybridized carbons (Fsp3) is 0.0870. The zero-order valence-electron chi connectivity index (χ0n) is 18.3. The molecule has 11 nitrogen and oxygen atoms in total. The molecule has 0 saturated heterocycles. The van der Waals surface area contributed by atoms with E-state index in [9.17, 15) is 13.2 Å². The van der Waals surface area contributed by atoms with E-state index in [1.807, 2.05) is 0 Å². The molecule has 1 heterocycles. The van der Waals surface area contributed by atoms with Crippen molar-refractivity contribution in [2.75, 3.05) is 6.79 Å². The number of hydrogen-bond donors (Lipinski definition) is 3. The molecule has 0 aliphatic carbocycles. The maximum Gasteiger partial charge on any atom is 0.339 e. The van der Waals surface area contributed by atoms with E-state index in [0.29, 0.717) is 28.2 Å². The molecule has 0 spiro atoms. The summed E-state index contributed by atoms with van der Waals surface area (Å²) < 4.78 is 41.5. The maximum absolute atomic E-state index is 12.8. The number of rotatable bonds is 7. The molecular formula is C23H20N4O7S. The first-order valence-electron chi connectivity index (χ1n) is 10.1. The van der Waals surface area contributed by atoms with Gasteiger partial charge < -0.3 is 24.6 Å². The molecule has 0 aromatic heterocycles. The molecule has 35 heavy (non-hydrogen) atoms. The van der Waals surface area contributed by atoms with Crippen LogP contribution in [-0.2, 0) is 10.1 Å². The number of amides is 1. The highest BCUT2D eigenvalue weighted by Gasteiger charge is 2.25. The summed E-state index contributed by atoms with van der Waals surface area (Å²) in [6.45, 7) is 1.63. The third kappa shape index (κ3) is 5.33. The van der Waals surface area contributed by atoms with Crippen molar-refractivity contribution in [3.8, 4) is 17.2 Å². The highest BCUT2D eigenvalue weighted by atomic mass is 32.2. The smallest absolute Gasteiger partial charge is 0.339 e. The van der Waals surface area contributed by atoms with Crippen LogP contribution in [0.3, 0.4) is 0 Å². The number of hydrogen-bond acceptors (Lipinski definition) is 9. The van der Waals surface area contributed by atoms with Crippen molar-refractivity contribution in [1.82, 2.24) is 5.43 Å². The van der Waals surface area contributed by atoms with E-state index in [1.165, 1.54) is 36.5 Å². The van der Waals surface area contributed by atoms with Gasteiger partial charge in [0.15, 0.2) is 17.3 Å². The van der Waals surface area contributed by atoms with Gasteiger partial charge in [0.2, 0.25) is 6.79 Å². The van der Waals surface area contributed by atoms with Crippen molar-refractivity contribution >= 4 is 28.1 Å². The average molecular weight is 497 g/mol. The van der Waals surface area contributed by atoms with Gasteiger partial charge in [0.1, 0.15) is 10.6 Å². The van der Waals surface area contributed by atoms with Crippen LogP contribution in [0.4, 0.5) is 0 Å². The number of carbonyl (C=O) groups excluding carboxylic acids is 1. The summed E-state index contributed by atoms with van der Waals surface area (Å²) in [5, 5.41) is 15.5. The second-order valence-corrected chi connectivity index (χ2v) is 8.86. The normalized spacial score (nSPS) is 13.1. The lowest BCUT2D eigenvalue weighted by molar-refractivity contribution is 0.0955. The predicted octanol–water partition coefficient (Wildman–Crippen LogP) is 2.35. The quantitative estimate of drug-likeness (QED) is 0.148. The number of nitrogens with zero attached hydrogens (tertiary/aromatic N) is 2. The zero-order chi connectivity index (χ0) is 25.0. The molecule has 1 aliphatic heterocycles. The Bertz CT molecular complexity index is 1430. The van der Waals surface area contributed by atoms with Crippen LogP contribution in [0.2, 0.25) is 0 Å². The molecule has 12 heteroatoms. The Morgan fingerprint density at radius 2 is 1.80 bits per heavy atom. The Labute approximate surface area is 200 Å². The van der Waals surface area contributed by atoms with Crippen molar-refractivity contribution < 1.29 is 32.1 Å². The third-order valence-corrected chi connectivity index (χ3v) is 6.33. The van der Waals surface area contributed by atoms with Gasteiger partial charge in [-0.05, 0) is 42.3 Å². The molecule has 4 N–H and O–H groups in total. The molecule has 0 bridgehead atoms. The van der Waals surface area contributed by atoms with Crippen LogP contribution in [0.5, 0.6) is 17.2 Å². The lowest BCUT2D eigenvalue weighted by Gasteiger charge is -2.11. The van der Waals surface area contributed by atoms with Crippen LogP contribution in [0, 0.1) is 6.92 Å². The fourth-order valence-corrected chi connectivity index (χ4v) is 4.33. The van der Waals surface area contributed by atoms with Gasteiger partial charge in [-0.2, -0.15) is 13.5 Å². The van der Waals surface area contributed by atoms with Gasteiger partial charge in [0, 0.05) is 17.2 Å². The van der Waals surface area contributed by atoms with E-state index in [1.54, 1.807) is 37.3 Å². The van der Waals surface area contributed by atoms with E-state index in [0.717, 1.165) is 0 Å². The number of aryl methyl sites for hydroxylation is 1. The first kappa shape index (κ1) is 23.6. The van der Waals surface area contributed by atoms with E-state index in [2.05, 4.69) is 15.7 Å². The van der Waals surface area contributed by atoms with Crippen molar-refractivity contribution in [1.29, 1.82) is 0 Å². The van der Waals surface area contributed by atoms with E-state index >= 15 is 0 Å². The lowest BCUT2D eigenvalue weighted by Crippen LogP contribution is -2.18. The van der Waals surface area contributed by atoms with Crippen LogP contribution in [0.25, 0.3) is 0 Å². The zero-order valence-corrected chi connectivity index (χ0v) is 19.2. The largest absolute Gasteiger partial charge is 0.454 e. The Morgan fingerprint density at radius 3 is 2.51 bits per heavy atom. The summed E-state index contributed by atoms with van der Waals surface area (Å²) in [6, 6.07) is 15.2. The van der Waals surface area contributed by atoms with Gasteiger partial charge in [-0.1, -0.05) is 35.5 Å². The minimum atomic E-state index is -4.20. The minimum Gasteiger partial charge on any atom is -0.454 e. The number of oxime groups is 1. The van der Waals surface area contributed by atoms with Crippen LogP contribution in [0.15, 0.2) is 75.8 Å². The average Bonchev–Trinajstić information content (AvgIpc) is 3.30. The van der Waals surface area contributed by atoms with E-state index in [-0.39, 0.29) is 28.8 Å².